The molecule has 0 aliphatic carbocycles. The highest BCUT2D eigenvalue weighted by atomic mass is 19.1. The first-order valence-electron chi connectivity index (χ1n) is 5.81. The maximum absolute atomic E-state index is 13.2. The third-order valence-corrected chi connectivity index (χ3v) is 3.35. The van der Waals surface area contributed by atoms with Gasteiger partial charge in [-0.25, -0.2) is 4.39 Å². The summed E-state index contributed by atoms with van der Waals surface area (Å²) in [6.07, 6.45) is 2.38. The van der Waals surface area contributed by atoms with Crippen LogP contribution in [0.25, 0.3) is 0 Å². The van der Waals surface area contributed by atoms with Crippen LogP contribution >= 0.6 is 0 Å². The molecule has 0 spiro atoms. The molecule has 0 amide bonds. The van der Waals surface area contributed by atoms with Gasteiger partial charge in [0.25, 0.3) is 0 Å². The van der Waals surface area contributed by atoms with Crippen molar-refractivity contribution in [1.82, 2.24) is 5.32 Å². The Labute approximate surface area is 95.5 Å². The van der Waals surface area contributed by atoms with Crippen molar-refractivity contribution in [2.24, 2.45) is 0 Å². The van der Waals surface area contributed by atoms with E-state index in [4.69, 9.17) is 0 Å². The molecule has 2 N–H and O–H groups in total. The van der Waals surface area contributed by atoms with Gasteiger partial charge in [0, 0.05) is 0 Å². The predicted octanol–water partition coefficient (Wildman–Crippen LogP) is 2.10. The van der Waals surface area contributed by atoms with Crippen molar-refractivity contribution in [3.63, 3.8) is 0 Å². The molecule has 1 fully saturated rings. The number of halogens is 1. The lowest BCUT2D eigenvalue weighted by molar-refractivity contribution is 0.0239. The van der Waals surface area contributed by atoms with E-state index < -0.39 is 5.60 Å². The number of rotatable bonds is 1. The summed E-state index contributed by atoms with van der Waals surface area (Å²) in [6, 6.07) is 4.91. The van der Waals surface area contributed by atoms with E-state index in [2.05, 4.69) is 5.32 Å². The van der Waals surface area contributed by atoms with Crippen molar-refractivity contribution < 1.29 is 9.50 Å². The Bertz CT molecular complexity index is 370. The quantitative estimate of drug-likeness (QED) is 0.764. The van der Waals surface area contributed by atoms with Crippen LogP contribution in [0, 0.1) is 12.7 Å². The number of aryl methyl sites for hydroxylation is 1. The molecule has 1 unspecified atom stereocenters. The van der Waals surface area contributed by atoms with Crippen molar-refractivity contribution in [3.05, 3.63) is 35.1 Å². The van der Waals surface area contributed by atoms with Crippen LogP contribution < -0.4 is 5.32 Å². The van der Waals surface area contributed by atoms with Gasteiger partial charge in [-0.15, -0.1) is 0 Å². The van der Waals surface area contributed by atoms with Crippen molar-refractivity contribution in [1.29, 1.82) is 0 Å². The Morgan fingerprint density at radius 1 is 1.31 bits per heavy atom. The highest BCUT2D eigenvalue weighted by molar-refractivity contribution is 5.29. The van der Waals surface area contributed by atoms with E-state index in [0.717, 1.165) is 31.5 Å². The van der Waals surface area contributed by atoms with E-state index in [9.17, 15) is 9.50 Å². The average Bonchev–Trinajstić information content (AvgIpc) is 2.48. The van der Waals surface area contributed by atoms with E-state index in [1.807, 2.05) is 0 Å². The number of nitrogens with one attached hydrogen (secondary N) is 1. The number of hydrogen-bond donors (Lipinski definition) is 2. The summed E-state index contributed by atoms with van der Waals surface area (Å²) in [4.78, 5) is 0. The lowest BCUT2D eigenvalue weighted by atomic mass is 9.86. The van der Waals surface area contributed by atoms with Gasteiger partial charge in [0.1, 0.15) is 5.82 Å². The van der Waals surface area contributed by atoms with Gasteiger partial charge in [0.05, 0.1) is 5.60 Å². The lowest BCUT2D eigenvalue weighted by Gasteiger charge is -2.27. The fourth-order valence-electron chi connectivity index (χ4n) is 2.27. The Morgan fingerprint density at radius 2 is 2.12 bits per heavy atom. The van der Waals surface area contributed by atoms with Gasteiger partial charge in [-0.3, -0.25) is 0 Å². The average molecular weight is 223 g/mol. The second kappa shape index (κ2) is 4.52. The van der Waals surface area contributed by atoms with Crippen LogP contribution in [0.1, 0.15) is 30.4 Å². The van der Waals surface area contributed by atoms with Crippen LogP contribution in [0.4, 0.5) is 4.39 Å². The van der Waals surface area contributed by atoms with Crippen LogP contribution in [0.2, 0.25) is 0 Å². The Hall–Kier alpha value is -0.930. The molecule has 1 atom stereocenters. The molecule has 16 heavy (non-hydrogen) atoms. The van der Waals surface area contributed by atoms with Crippen molar-refractivity contribution in [3.8, 4) is 0 Å². The third kappa shape index (κ3) is 2.25. The van der Waals surface area contributed by atoms with E-state index >= 15 is 0 Å². The minimum Gasteiger partial charge on any atom is -0.385 e. The Kier molecular flexibility index (Phi) is 3.26. The first-order valence-corrected chi connectivity index (χ1v) is 5.81. The summed E-state index contributed by atoms with van der Waals surface area (Å²) >= 11 is 0. The first kappa shape index (κ1) is 11.6. The maximum atomic E-state index is 13.2. The zero-order valence-electron chi connectivity index (χ0n) is 9.59. The third-order valence-electron chi connectivity index (χ3n) is 3.35. The monoisotopic (exact) mass is 223 g/mol. The highest BCUT2D eigenvalue weighted by Gasteiger charge is 2.30. The lowest BCUT2D eigenvalue weighted by Crippen LogP contribution is -2.27. The number of benzene rings is 1. The second-order valence-corrected chi connectivity index (χ2v) is 4.60. The molecule has 1 aliphatic heterocycles. The normalized spacial score (nSPS) is 26.4. The van der Waals surface area contributed by atoms with E-state index in [-0.39, 0.29) is 5.82 Å². The molecule has 1 aromatic rings. The topological polar surface area (TPSA) is 32.3 Å². The molecule has 2 nitrogen and oxygen atoms in total. The van der Waals surface area contributed by atoms with Crippen LogP contribution in [0.15, 0.2) is 18.2 Å². The molecule has 0 saturated carbocycles. The summed E-state index contributed by atoms with van der Waals surface area (Å²) in [5.41, 5.74) is 0.653. The predicted molar refractivity (Wildman–Crippen MR) is 61.8 cm³/mol. The molecule has 1 saturated heterocycles. The Morgan fingerprint density at radius 3 is 2.88 bits per heavy atom. The van der Waals surface area contributed by atoms with Gasteiger partial charge >= 0.3 is 0 Å². The van der Waals surface area contributed by atoms with Crippen LogP contribution in [0.3, 0.4) is 0 Å². The minimum atomic E-state index is -0.790. The van der Waals surface area contributed by atoms with Gasteiger partial charge in [0.15, 0.2) is 0 Å². The molecular weight excluding hydrogens is 205 g/mol. The fourth-order valence-corrected chi connectivity index (χ4v) is 2.27. The largest absolute Gasteiger partial charge is 0.385 e. The molecule has 88 valence electrons. The van der Waals surface area contributed by atoms with Gasteiger partial charge in [-0.2, -0.15) is 0 Å². The van der Waals surface area contributed by atoms with Gasteiger partial charge in [-0.1, -0.05) is 12.1 Å². The van der Waals surface area contributed by atoms with Crippen molar-refractivity contribution >= 4 is 0 Å². The smallest absolute Gasteiger partial charge is 0.126 e. The van der Waals surface area contributed by atoms with Gasteiger partial charge < -0.3 is 10.4 Å². The number of aliphatic hydroxyl groups is 1. The second-order valence-electron chi connectivity index (χ2n) is 4.60. The standard InChI is InChI=1S/C13H18FNO/c1-10-9-11(3-4-12(10)14)13(16)5-2-7-15-8-6-13/h3-4,9,15-16H,2,5-8H2,1H3. The minimum absolute atomic E-state index is 0.209. The van der Waals surface area contributed by atoms with Gasteiger partial charge in [-0.05, 0) is 56.5 Å². The fraction of sp³-hybridized carbons (Fsp3) is 0.538. The zero-order valence-corrected chi connectivity index (χ0v) is 9.59. The molecule has 1 aromatic carbocycles. The van der Waals surface area contributed by atoms with E-state index in [1.165, 1.54) is 6.07 Å². The molecule has 0 bridgehead atoms. The molecule has 1 aliphatic rings. The molecule has 2 rings (SSSR count). The van der Waals surface area contributed by atoms with E-state index in [1.54, 1.807) is 19.1 Å². The highest BCUT2D eigenvalue weighted by Crippen LogP contribution is 2.31. The molecule has 1 heterocycles. The summed E-state index contributed by atoms with van der Waals surface area (Å²) in [6.45, 7) is 3.49. The SMILES string of the molecule is Cc1cc(C2(O)CCCNCC2)ccc1F. The number of hydrogen-bond acceptors (Lipinski definition) is 2. The van der Waals surface area contributed by atoms with Crippen LogP contribution in [0.5, 0.6) is 0 Å². The van der Waals surface area contributed by atoms with E-state index in [0.29, 0.717) is 12.0 Å². The molecule has 0 aromatic heterocycles. The summed E-state index contributed by atoms with van der Waals surface area (Å²) in [7, 11) is 0. The van der Waals surface area contributed by atoms with Crippen molar-refractivity contribution in [2.45, 2.75) is 31.8 Å². The first-order chi connectivity index (χ1) is 7.62. The van der Waals surface area contributed by atoms with Crippen molar-refractivity contribution in [2.75, 3.05) is 13.1 Å². The molecule has 3 heteroatoms. The van der Waals surface area contributed by atoms with Crippen LogP contribution in [-0.4, -0.2) is 18.2 Å². The summed E-state index contributed by atoms with van der Waals surface area (Å²) in [5.74, 6) is -0.209. The maximum Gasteiger partial charge on any atom is 0.126 e. The zero-order chi connectivity index (χ0) is 11.6. The van der Waals surface area contributed by atoms with Crippen LogP contribution in [-0.2, 0) is 5.60 Å². The summed E-state index contributed by atoms with van der Waals surface area (Å²) < 4.78 is 13.2. The molecule has 0 radical (unpaired) electrons. The molecular formula is C13H18FNO. The summed E-state index contributed by atoms with van der Waals surface area (Å²) in [5, 5.41) is 13.8. The van der Waals surface area contributed by atoms with Gasteiger partial charge in [0.2, 0.25) is 0 Å². The Balaban J connectivity index is 2.29.